The molecule has 2 aliphatic rings. The van der Waals surface area contributed by atoms with E-state index in [1.807, 2.05) is 6.20 Å². The van der Waals surface area contributed by atoms with Crippen LogP contribution in [0.5, 0.6) is 0 Å². The van der Waals surface area contributed by atoms with Crippen LogP contribution in [0.25, 0.3) is 0 Å². The highest BCUT2D eigenvalue weighted by Gasteiger charge is 2.30. The van der Waals surface area contributed by atoms with Gasteiger partial charge in [0.15, 0.2) is 0 Å². The number of anilines is 1. The van der Waals surface area contributed by atoms with E-state index in [-0.39, 0.29) is 0 Å². The molecule has 1 unspecified atom stereocenters. The molecule has 1 aromatic rings. The number of hydrogen-bond donors (Lipinski definition) is 0. The molecule has 0 bridgehead atoms. The summed E-state index contributed by atoms with van der Waals surface area (Å²) in [5, 5.41) is 0. The predicted molar refractivity (Wildman–Crippen MR) is 75.1 cm³/mol. The predicted octanol–water partition coefficient (Wildman–Crippen LogP) is 2.49. The first-order chi connectivity index (χ1) is 8.74. The Hall–Kier alpha value is -1.09. The summed E-state index contributed by atoms with van der Waals surface area (Å²) in [5.41, 5.74) is 1.33. The summed E-state index contributed by atoms with van der Waals surface area (Å²) in [6.07, 6.45) is 4.78. The van der Waals surface area contributed by atoms with Crippen molar-refractivity contribution in [3.63, 3.8) is 0 Å². The first kappa shape index (κ1) is 12.0. The summed E-state index contributed by atoms with van der Waals surface area (Å²) in [6, 6.07) is 5.19. The lowest BCUT2D eigenvalue weighted by molar-refractivity contribution is 0.230. The minimum absolute atomic E-state index is 0.568. The summed E-state index contributed by atoms with van der Waals surface area (Å²) in [7, 11) is 0. The third kappa shape index (κ3) is 2.24. The van der Waals surface area contributed by atoms with Gasteiger partial charge in [-0.15, -0.1) is 0 Å². The van der Waals surface area contributed by atoms with E-state index in [0.29, 0.717) is 5.92 Å². The van der Waals surface area contributed by atoms with Gasteiger partial charge in [0, 0.05) is 31.9 Å². The average molecular weight is 245 g/mol. The Balaban J connectivity index is 1.71. The average Bonchev–Trinajstić information content (AvgIpc) is 2.86. The molecule has 3 heterocycles. The van der Waals surface area contributed by atoms with E-state index in [0.717, 1.165) is 24.9 Å². The van der Waals surface area contributed by atoms with E-state index in [1.54, 1.807) is 0 Å². The van der Waals surface area contributed by atoms with Crippen LogP contribution in [0.4, 0.5) is 5.82 Å². The molecule has 1 aromatic heterocycles. The van der Waals surface area contributed by atoms with Gasteiger partial charge in [-0.25, -0.2) is 4.98 Å². The van der Waals surface area contributed by atoms with Crippen molar-refractivity contribution >= 4 is 5.82 Å². The topological polar surface area (TPSA) is 19.4 Å². The van der Waals surface area contributed by atoms with Gasteiger partial charge in [-0.3, -0.25) is 4.90 Å². The Morgan fingerprint density at radius 1 is 1.22 bits per heavy atom. The van der Waals surface area contributed by atoms with Crippen LogP contribution in [0.1, 0.15) is 38.2 Å². The largest absolute Gasteiger partial charge is 0.354 e. The van der Waals surface area contributed by atoms with Gasteiger partial charge in [0.25, 0.3) is 0 Å². The van der Waals surface area contributed by atoms with Gasteiger partial charge < -0.3 is 4.90 Å². The van der Waals surface area contributed by atoms with Gasteiger partial charge in [0.2, 0.25) is 0 Å². The third-order valence-electron chi connectivity index (χ3n) is 4.35. The monoisotopic (exact) mass is 245 g/mol. The number of hydrogen-bond acceptors (Lipinski definition) is 3. The fourth-order valence-corrected chi connectivity index (χ4v) is 3.13. The lowest BCUT2D eigenvalue weighted by atomic mass is 10.1. The summed E-state index contributed by atoms with van der Waals surface area (Å²) in [5.74, 6) is 1.73. The second kappa shape index (κ2) is 4.88. The molecule has 0 aliphatic carbocycles. The van der Waals surface area contributed by atoms with Crippen LogP contribution >= 0.6 is 0 Å². The maximum Gasteiger partial charge on any atom is 0.128 e. The van der Waals surface area contributed by atoms with Crippen molar-refractivity contribution in [2.75, 3.05) is 31.1 Å². The van der Waals surface area contributed by atoms with E-state index in [4.69, 9.17) is 0 Å². The van der Waals surface area contributed by atoms with E-state index in [1.165, 1.54) is 31.5 Å². The molecule has 18 heavy (non-hydrogen) atoms. The fourth-order valence-electron chi connectivity index (χ4n) is 3.13. The first-order valence-electron chi connectivity index (χ1n) is 7.19. The van der Waals surface area contributed by atoms with Crippen LogP contribution in [0, 0.1) is 0 Å². The van der Waals surface area contributed by atoms with Crippen LogP contribution in [-0.2, 0) is 0 Å². The smallest absolute Gasteiger partial charge is 0.128 e. The molecule has 0 radical (unpaired) electrons. The van der Waals surface area contributed by atoms with Crippen LogP contribution < -0.4 is 4.90 Å². The molecule has 0 saturated carbocycles. The lowest BCUT2D eigenvalue weighted by Gasteiger charge is -2.38. The molecule has 0 spiro atoms. The number of rotatable bonds is 2. The van der Waals surface area contributed by atoms with Crippen molar-refractivity contribution in [1.29, 1.82) is 0 Å². The molecule has 2 aliphatic heterocycles. The van der Waals surface area contributed by atoms with Crippen molar-refractivity contribution in [2.45, 2.75) is 38.6 Å². The quantitative estimate of drug-likeness (QED) is 0.798. The molecule has 3 rings (SSSR count). The molecule has 2 fully saturated rings. The molecule has 3 nitrogen and oxygen atoms in total. The molecule has 1 atom stereocenters. The van der Waals surface area contributed by atoms with Gasteiger partial charge in [0.05, 0.1) is 0 Å². The highest BCUT2D eigenvalue weighted by molar-refractivity contribution is 5.40. The first-order valence-corrected chi connectivity index (χ1v) is 7.19. The van der Waals surface area contributed by atoms with Gasteiger partial charge in [-0.1, -0.05) is 19.9 Å². The van der Waals surface area contributed by atoms with Gasteiger partial charge >= 0.3 is 0 Å². The van der Waals surface area contributed by atoms with Crippen molar-refractivity contribution < 1.29 is 0 Å². The Morgan fingerprint density at radius 3 is 2.83 bits per heavy atom. The molecule has 0 aromatic carbocycles. The SMILES string of the molecule is CC(C)c1ccc(N2CCN3CCCC3C2)nc1. The molecule has 0 N–H and O–H groups in total. The summed E-state index contributed by atoms with van der Waals surface area (Å²) < 4.78 is 0. The minimum atomic E-state index is 0.568. The van der Waals surface area contributed by atoms with Crippen LogP contribution in [0.2, 0.25) is 0 Å². The van der Waals surface area contributed by atoms with E-state index < -0.39 is 0 Å². The standard InChI is InChI=1S/C15H23N3/c1-12(2)13-5-6-15(16-10-13)18-9-8-17-7-3-4-14(17)11-18/h5-6,10,12,14H,3-4,7-9,11H2,1-2H3. The summed E-state index contributed by atoms with van der Waals surface area (Å²) in [6.45, 7) is 9.23. The number of aromatic nitrogens is 1. The fraction of sp³-hybridized carbons (Fsp3) is 0.667. The Bertz CT molecular complexity index is 399. The molecule has 3 heteroatoms. The second-order valence-electron chi connectivity index (χ2n) is 5.88. The zero-order valence-electron chi connectivity index (χ0n) is 11.5. The van der Waals surface area contributed by atoms with E-state index >= 15 is 0 Å². The van der Waals surface area contributed by atoms with Crippen molar-refractivity contribution in [2.24, 2.45) is 0 Å². The Labute approximate surface area is 110 Å². The highest BCUT2D eigenvalue weighted by atomic mass is 15.3. The van der Waals surface area contributed by atoms with Crippen molar-refractivity contribution in [1.82, 2.24) is 9.88 Å². The maximum absolute atomic E-state index is 4.65. The van der Waals surface area contributed by atoms with Gasteiger partial charge in [-0.05, 0) is 36.9 Å². The molecule has 2 saturated heterocycles. The van der Waals surface area contributed by atoms with Gasteiger partial charge in [0.1, 0.15) is 5.82 Å². The highest BCUT2D eigenvalue weighted by Crippen LogP contribution is 2.25. The zero-order chi connectivity index (χ0) is 12.5. The van der Waals surface area contributed by atoms with Crippen molar-refractivity contribution in [3.05, 3.63) is 23.9 Å². The molecular formula is C15H23N3. The Kier molecular flexibility index (Phi) is 3.25. The van der Waals surface area contributed by atoms with Crippen LogP contribution in [0.3, 0.4) is 0 Å². The molecule has 98 valence electrons. The normalized spacial score (nSPS) is 24.6. The maximum atomic E-state index is 4.65. The number of piperazine rings is 1. The zero-order valence-corrected chi connectivity index (χ0v) is 11.5. The summed E-state index contributed by atoms with van der Waals surface area (Å²) >= 11 is 0. The lowest BCUT2D eigenvalue weighted by Crippen LogP contribution is -2.50. The second-order valence-corrected chi connectivity index (χ2v) is 5.88. The van der Waals surface area contributed by atoms with Crippen molar-refractivity contribution in [3.8, 4) is 0 Å². The number of nitrogens with zero attached hydrogens (tertiary/aromatic N) is 3. The molecule has 0 amide bonds. The van der Waals surface area contributed by atoms with E-state index in [9.17, 15) is 0 Å². The number of fused-ring (bicyclic) bond motifs is 1. The Morgan fingerprint density at radius 2 is 2.11 bits per heavy atom. The third-order valence-corrected chi connectivity index (χ3v) is 4.35. The summed E-state index contributed by atoms with van der Waals surface area (Å²) in [4.78, 5) is 9.74. The van der Waals surface area contributed by atoms with Crippen LogP contribution in [-0.4, -0.2) is 42.1 Å². The van der Waals surface area contributed by atoms with Gasteiger partial charge in [-0.2, -0.15) is 0 Å². The minimum Gasteiger partial charge on any atom is -0.354 e. The number of pyridine rings is 1. The van der Waals surface area contributed by atoms with Crippen LogP contribution in [0.15, 0.2) is 18.3 Å². The van der Waals surface area contributed by atoms with E-state index in [2.05, 4.69) is 40.8 Å². The molecular weight excluding hydrogens is 222 g/mol.